The van der Waals surface area contributed by atoms with Crippen LogP contribution in [0.5, 0.6) is 0 Å². The lowest BCUT2D eigenvalue weighted by atomic mass is 10.1. The molecule has 2 aromatic heterocycles. The normalized spacial score (nSPS) is 11.1. The van der Waals surface area contributed by atoms with E-state index in [0.717, 1.165) is 33.4 Å². The predicted octanol–water partition coefficient (Wildman–Crippen LogP) is 2.79. The summed E-state index contributed by atoms with van der Waals surface area (Å²) in [6.07, 6.45) is 1.10. The molecule has 0 saturated heterocycles. The van der Waals surface area contributed by atoms with Gasteiger partial charge in [-0.15, -0.1) is 0 Å². The average Bonchev–Trinajstić information content (AvgIpc) is 2.46. The molecular weight excluding hydrogens is 288 g/mol. The summed E-state index contributed by atoms with van der Waals surface area (Å²) in [5.41, 5.74) is 4.48. The fraction of sp³-hybridized carbons (Fsp3) is 0.333. The molecule has 3 rings (SSSR count). The maximum Gasteiger partial charge on any atom is 0.254 e. The zero-order chi connectivity index (χ0) is 16.6. The van der Waals surface area contributed by atoms with Crippen molar-refractivity contribution >= 4 is 10.9 Å². The molecule has 0 atom stereocenters. The van der Waals surface area contributed by atoms with Crippen molar-refractivity contribution in [3.8, 4) is 0 Å². The van der Waals surface area contributed by atoms with E-state index in [4.69, 9.17) is 0 Å². The number of aryl methyl sites for hydroxylation is 3. The SMILES string of the molecule is CCc1c(C)nc(Cc2nc(C)c3ccc(C)cc3n2)[nH]c1=O. The van der Waals surface area contributed by atoms with Crippen molar-refractivity contribution in [2.24, 2.45) is 0 Å². The van der Waals surface area contributed by atoms with Gasteiger partial charge in [0, 0.05) is 22.3 Å². The summed E-state index contributed by atoms with van der Waals surface area (Å²) in [4.78, 5) is 28.6. The van der Waals surface area contributed by atoms with E-state index in [1.54, 1.807) is 0 Å². The Morgan fingerprint density at radius 1 is 1.04 bits per heavy atom. The number of nitrogens with zero attached hydrogens (tertiary/aromatic N) is 3. The quantitative estimate of drug-likeness (QED) is 0.807. The van der Waals surface area contributed by atoms with Gasteiger partial charge in [-0.25, -0.2) is 15.0 Å². The number of hydrogen-bond donors (Lipinski definition) is 1. The highest BCUT2D eigenvalue weighted by atomic mass is 16.1. The molecule has 0 aliphatic rings. The van der Waals surface area contributed by atoms with Crippen molar-refractivity contribution in [3.63, 3.8) is 0 Å². The number of aromatic amines is 1. The van der Waals surface area contributed by atoms with Crippen LogP contribution >= 0.6 is 0 Å². The molecule has 1 N–H and O–H groups in total. The molecule has 0 aliphatic heterocycles. The number of benzene rings is 1. The van der Waals surface area contributed by atoms with Crippen LogP contribution in [0.15, 0.2) is 23.0 Å². The molecule has 0 bridgehead atoms. The lowest BCUT2D eigenvalue weighted by Crippen LogP contribution is -2.19. The number of aromatic nitrogens is 4. The summed E-state index contributed by atoms with van der Waals surface area (Å²) < 4.78 is 0. The first kappa shape index (κ1) is 15.3. The van der Waals surface area contributed by atoms with E-state index in [1.165, 1.54) is 0 Å². The van der Waals surface area contributed by atoms with Crippen LogP contribution in [0.2, 0.25) is 0 Å². The van der Waals surface area contributed by atoms with E-state index in [-0.39, 0.29) is 5.56 Å². The maximum absolute atomic E-state index is 12.1. The molecule has 5 nitrogen and oxygen atoms in total. The van der Waals surface area contributed by atoms with Gasteiger partial charge in [0.15, 0.2) is 0 Å². The second kappa shape index (κ2) is 5.91. The van der Waals surface area contributed by atoms with Crippen LogP contribution in [0, 0.1) is 20.8 Å². The van der Waals surface area contributed by atoms with E-state index in [1.807, 2.05) is 33.8 Å². The Bertz CT molecular complexity index is 944. The largest absolute Gasteiger partial charge is 0.310 e. The topological polar surface area (TPSA) is 71.5 Å². The third-order valence-corrected chi connectivity index (χ3v) is 4.04. The fourth-order valence-corrected chi connectivity index (χ4v) is 2.86. The van der Waals surface area contributed by atoms with Crippen LogP contribution in [0.4, 0.5) is 0 Å². The Morgan fingerprint density at radius 3 is 2.52 bits per heavy atom. The second-order valence-electron chi connectivity index (χ2n) is 5.85. The minimum atomic E-state index is -0.0663. The van der Waals surface area contributed by atoms with Gasteiger partial charge in [-0.1, -0.05) is 19.1 Å². The Balaban J connectivity index is 2.03. The van der Waals surface area contributed by atoms with Crippen molar-refractivity contribution in [2.45, 2.75) is 40.5 Å². The van der Waals surface area contributed by atoms with Crippen LogP contribution < -0.4 is 5.56 Å². The number of nitrogens with one attached hydrogen (secondary N) is 1. The summed E-state index contributed by atoms with van der Waals surface area (Å²) in [6, 6.07) is 6.16. The second-order valence-corrected chi connectivity index (χ2v) is 5.85. The van der Waals surface area contributed by atoms with Gasteiger partial charge in [0.2, 0.25) is 0 Å². The minimum Gasteiger partial charge on any atom is -0.310 e. The van der Waals surface area contributed by atoms with Crippen LogP contribution in [0.1, 0.15) is 41.1 Å². The zero-order valence-corrected chi connectivity index (χ0v) is 13.9. The number of rotatable bonds is 3. The van der Waals surface area contributed by atoms with Gasteiger partial charge < -0.3 is 4.98 Å². The molecule has 0 unspecified atom stereocenters. The molecule has 0 amide bonds. The van der Waals surface area contributed by atoms with Crippen molar-refractivity contribution in [2.75, 3.05) is 0 Å². The summed E-state index contributed by atoms with van der Waals surface area (Å²) in [5, 5.41) is 1.05. The van der Waals surface area contributed by atoms with Crippen molar-refractivity contribution in [1.82, 2.24) is 19.9 Å². The van der Waals surface area contributed by atoms with Crippen LogP contribution in [-0.4, -0.2) is 19.9 Å². The van der Waals surface area contributed by atoms with E-state index in [0.29, 0.717) is 24.5 Å². The van der Waals surface area contributed by atoms with Gasteiger partial charge in [-0.3, -0.25) is 4.79 Å². The highest BCUT2D eigenvalue weighted by molar-refractivity contribution is 5.81. The summed E-state index contributed by atoms with van der Waals surface area (Å²) in [7, 11) is 0. The first-order chi connectivity index (χ1) is 11.0. The third-order valence-electron chi connectivity index (χ3n) is 4.04. The van der Waals surface area contributed by atoms with Gasteiger partial charge in [-0.05, 0) is 38.8 Å². The standard InChI is InChI=1S/C18H20N4O/c1-5-13-11(3)19-17(22-18(13)23)9-16-20-12(4)14-7-6-10(2)8-15(14)21-16/h6-8H,5,9H2,1-4H3,(H,19,22,23). The molecule has 0 radical (unpaired) electrons. The lowest BCUT2D eigenvalue weighted by molar-refractivity contribution is 0.843. The van der Waals surface area contributed by atoms with Crippen molar-refractivity contribution in [1.29, 1.82) is 0 Å². The molecule has 0 fully saturated rings. The first-order valence-electron chi connectivity index (χ1n) is 7.80. The summed E-state index contributed by atoms with van der Waals surface area (Å²) >= 11 is 0. The van der Waals surface area contributed by atoms with Gasteiger partial charge in [0.25, 0.3) is 5.56 Å². The van der Waals surface area contributed by atoms with Gasteiger partial charge in [-0.2, -0.15) is 0 Å². The van der Waals surface area contributed by atoms with Crippen molar-refractivity contribution < 1.29 is 0 Å². The Kier molecular flexibility index (Phi) is 3.94. The van der Waals surface area contributed by atoms with Gasteiger partial charge >= 0.3 is 0 Å². The number of H-pyrrole nitrogens is 1. The minimum absolute atomic E-state index is 0.0663. The number of hydrogen-bond acceptors (Lipinski definition) is 4. The molecule has 2 heterocycles. The zero-order valence-electron chi connectivity index (χ0n) is 13.9. The average molecular weight is 308 g/mol. The van der Waals surface area contributed by atoms with E-state index in [9.17, 15) is 4.79 Å². The fourth-order valence-electron chi connectivity index (χ4n) is 2.86. The van der Waals surface area contributed by atoms with Crippen LogP contribution in [-0.2, 0) is 12.8 Å². The molecule has 5 heteroatoms. The van der Waals surface area contributed by atoms with Gasteiger partial charge in [0.05, 0.1) is 11.9 Å². The molecule has 118 valence electrons. The molecule has 3 aromatic rings. The molecular formula is C18H20N4O. The molecule has 0 aliphatic carbocycles. The Labute approximate surface area is 134 Å². The number of fused-ring (bicyclic) bond motifs is 1. The summed E-state index contributed by atoms with van der Waals surface area (Å²) in [5.74, 6) is 1.28. The molecule has 23 heavy (non-hydrogen) atoms. The highest BCUT2D eigenvalue weighted by Gasteiger charge is 2.10. The first-order valence-corrected chi connectivity index (χ1v) is 7.80. The van der Waals surface area contributed by atoms with E-state index < -0.39 is 0 Å². The van der Waals surface area contributed by atoms with E-state index in [2.05, 4.69) is 32.1 Å². The van der Waals surface area contributed by atoms with Crippen LogP contribution in [0.3, 0.4) is 0 Å². The Morgan fingerprint density at radius 2 is 1.83 bits per heavy atom. The molecule has 1 aromatic carbocycles. The summed E-state index contributed by atoms with van der Waals surface area (Å²) in [6.45, 7) is 7.84. The monoisotopic (exact) mass is 308 g/mol. The lowest BCUT2D eigenvalue weighted by Gasteiger charge is -2.08. The molecule has 0 saturated carbocycles. The van der Waals surface area contributed by atoms with E-state index >= 15 is 0 Å². The third kappa shape index (κ3) is 2.99. The Hall–Kier alpha value is -2.56. The highest BCUT2D eigenvalue weighted by Crippen LogP contribution is 2.17. The predicted molar refractivity (Wildman–Crippen MR) is 90.8 cm³/mol. The van der Waals surface area contributed by atoms with Crippen LogP contribution in [0.25, 0.3) is 10.9 Å². The maximum atomic E-state index is 12.1. The smallest absolute Gasteiger partial charge is 0.254 e. The van der Waals surface area contributed by atoms with Gasteiger partial charge in [0.1, 0.15) is 11.6 Å². The molecule has 0 spiro atoms. The van der Waals surface area contributed by atoms with Crippen molar-refractivity contribution in [3.05, 3.63) is 62.7 Å².